The number of nitrogens with one attached hydrogen (secondary N) is 1. The minimum absolute atomic E-state index is 0.0845. The molecule has 2 rings (SSSR count). The zero-order valence-electron chi connectivity index (χ0n) is 11.8. The largest absolute Gasteiger partial charge is 0.451 e. The van der Waals surface area contributed by atoms with Gasteiger partial charge < -0.3 is 15.4 Å². The van der Waals surface area contributed by atoms with Crippen LogP contribution >= 0.6 is 11.8 Å². The first-order chi connectivity index (χ1) is 9.74. The summed E-state index contributed by atoms with van der Waals surface area (Å²) in [6.45, 7) is 3.25. The molecule has 0 aromatic rings. The number of fused-ring (bicyclic) bond motifs is 1. The molecule has 0 bridgehead atoms. The van der Waals surface area contributed by atoms with Crippen LogP contribution in [0.5, 0.6) is 0 Å². The highest BCUT2D eigenvalue weighted by molar-refractivity contribution is 8.01. The van der Waals surface area contributed by atoms with Gasteiger partial charge in [0.05, 0.1) is 4.87 Å². The number of carbonyl (C=O) groups is 4. The molecule has 0 aromatic heterocycles. The molecule has 3 atom stereocenters. The van der Waals surface area contributed by atoms with Gasteiger partial charge in [-0.05, 0) is 20.3 Å². The number of carbonyl (C=O) groups excluding carboxylic acids is 4. The second kappa shape index (κ2) is 5.55. The smallest absolute Gasteiger partial charge is 0.330 e. The minimum Gasteiger partial charge on any atom is -0.451 e. The lowest BCUT2D eigenvalue weighted by atomic mass is 10.2. The first-order valence-corrected chi connectivity index (χ1v) is 7.50. The Bertz CT molecular complexity index is 511. The molecule has 21 heavy (non-hydrogen) atoms. The van der Waals surface area contributed by atoms with E-state index in [0.717, 1.165) is 0 Å². The molecule has 0 aliphatic carbocycles. The van der Waals surface area contributed by atoms with Gasteiger partial charge in [-0.1, -0.05) is 0 Å². The fraction of sp³-hybridized carbons (Fsp3) is 0.667. The Morgan fingerprint density at radius 2 is 2.19 bits per heavy atom. The van der Waals surface area contributed by atoms with Crippen LogP contribution in [-0.4, -0.2) is 51.5 Å². The molecule has 0 radical (unpaired) electrons. The first-order valence-electron chi connectivity index (χ1n) is 6.51. The molecule has 3 N–H and O–H groups in total. The van der Waals surface area contributed by atoms with Crippen molar-refractivity contribution in [3.8, 4) is 0 Å². The van der Waals surface area contributed by atoms with E-state index in [1.807, 2.05) is 12.2 Å². The van der Waals surface area contributed by atoms with Crippen LogP contribution in [0.25, 0.3) is 0 Å². The molecule has 2 aliphatic heterocycles. The molecule has 116 valence electrons. The highest BCUT2D eigenvalue weighted by Crippen LogP contribution is 2.47. The van der Waals surface area contributed by atoms with Crippen LogP contribution in [-0.2, 0) is 19.1 Å². The fourth-order valence-electron chi connectivity index (χ4n) is 2.52. The summed E-state index contributed by atoms with van der Waals surface area (Å²) in [6.07, 6.45) is -0.0530. The van der Waals surface area contributed by atoms with Gasteiger partial charge in [-0.15, -0.1) is 11.8 Å². The van der Waals surface area contributed by atoms with Gasteiger partial charge in [-0.3, -0.25) is 14.9 Å². The van der Waals surface area contributed by atoms with Crippen molar-refractivity contribution in [2.45, 2.75) is 43.7 Å². The summed E-state index contributed by atoms with van der Waals surface area (Å²) in [5.41, 5.74) is 4.82. The monoisotopic (exact) mass is 315 g/mol. The summed E-state index contributed by atoms with van der Waals surface area (Å²) in [6, 6.07) is -1.71. The third-order valence-corrected chi connectivity index (χ3v) is 5.13. The van der Waals surface area contributed by atoms with Gasteiger partial charge in [0, 0.05) is 12.2 Å². The second-order valence-electron chi connectivity index (χ2n) is 5.20. The summed E-state index contributed by atoms with van der Waals surface area (Å²) in [4.78, 5) is 47.3. The Morgan fingerprint density at radius 1 is 1.52 bits per heavy atom. The van der Waals surface area contributed by atoms with E-state index in [9.17, 15) is 19.2 Å². The van der Waals surface area contributed by atoms with Crippen molar-refractivity contribution in [2.24, 2.45) is 5.73 Å². The lowest BCUT2D eigenvalue weighted by Gasteiger charge is -2.29. The average Bonchev–Trinajstić information content (AvgIpc) is 2.86. The number of primary amides is 1. The zero-order chi connectivity index (χ0) is 15.8. The Balaban J connectivity index is 1.99. The molecule has 0 unspecified atom stereocenters. The number of imide groups is 1. The van der Waals surface area contributed by atoms with Crippen molar-refractivity contribution >= 4 is 35.6 Å². The van der Waals surface area contributed by atoms with Crippen molar-refractivity contribution in [1.82, 2.24) is 10.2 Å². The van der Waals surface area contributed by atoms with Gasteiger partial charge >= 0.3 is 12.0 Å². The lowest BCUT2D eigenvalue weighted by Crippen LogP contribution is -2.49. The molecule has 0 aromatic carbocycles. The van der Waals surface area contributed by atoms with Crippen LogP contribution in [0.1, 0.15) is 26.7 Å². The number of esters is 1. The summed E-state index contributed by atoms with van der Waals surface area (Å²) in [5.74, 6) is -1.09. The minimum atomic E-state index is -1.15. The molecule has 2 saturated heterocycles. The summed E-state index contributed by atoms with van der Waals surface area (Å²) in [7, 11) is 0. The van der Waals surface area contributed by atoms with E-state index < -0.39 is 30.1 Å². The van der Waals surface area contributed by atoms with E-state index in [4.69, 9.17) is 10.5 Å². The number of hydrogen-bond acceptors (Lipinski definition) is 6. The van der Waals surface area contributed by atoms with Crippen LogP contribution in [0.4, 0.5) is 4.79 Å². The number of urea groups is 1. The molecule has 2 aliphatic rings. The SMILES string of the molecule is C[C@@H](OC(=O)[C@H]1CS[C@@]2(C)CCC(=O)N12)C(=O)NC(N)=O. The Kier molecular flexibility index (Phi) is 4.13. The van der Waals surface area contributed by atoms with Gasteiger partial charge in [0.2, 0.25) is 5.91 Å². The molecule has 4 amide bonds. The van der Waals surface area contributed by atoms with E-state index in [0.29, 0.717) is 18.6 Å². The maximum absolute atomic E-state index is 12.2. The van der Waals surface area contributed by atoms with Gasteiger partial charge in [0.25, 0.3) is 5.91 Å². The first kappa shape index (κ1) is 15.6. The van der Waals surface area contributed by atoms with Crippen LogP contribution in [0.2, 0.25) is 0 Å². The number of ether oxygens (including phenoxy) is 1. The van der Waals surface area contributed by atoms with Crippen LogP contribution in [0, 0.1) is 0 Å². The maximum Gasteiger partial charge on any atom is 0.330 e. The van der Waals surface area contributed by atoms with Gasteiger partial charge in [0.1, 0.15) is 6.04 Å². The molecule has 2 heterocycles. The molecule has 2 fully saturated rings. The normalized spacial score (nSPS) is 29.0. The van der Waals surface area contributed by atoms with Gasteiger partial charge in [-0.25, -0.2) is 9.59 Å². The van der Waals surface area contributed by atoms with E-state index in [1.165, 1.54) is 18.7 Å². The van der Waals surface area contributed by atoms with Crippen molar-refractivity contribution in [1.29, 1.82) is 0 Å². The topological polar surface area (TPSA) is 119 Å². The van der Waals surface area contributed by atoms with Crippen molar-refractivity contribution in [3.63, 3.8) is 0 Å². The number of nitrogens with zero attached hydrogens (tertiary/aromatic N) is 1. The van der Waals surface area contributed by atoms with Crippen LogP contribution in [0.15, 0.2) is 0 Å². The molecule has 8 nitrogen and oxygen atoms in total. The number of nitrogens with two attached hydrogens (primary N) is 1. The fourth-order valence-corrected chi connectivity index (χ4v) is 3.94. The third-order valence-electron chi connectivity index (χ3n) is 3.63. The third kappa shape index (κ3) is 2.97. The molecular formula is C12H17N3O5S. The predicted octanol–water partition coefficient (Wildman–Crippen LogP) is -0.433. The number of hydrogen-bond donors (Lipinski definition) is 2. The number of thioether (sulfide) groups is 1. The van der Waals surface area contributed by atoms with Gasteiger partial charge in [-0.2, -0.15) is 0 Å². The number of rotatable bonds is 3. The second-order valence-corrected chi connectivity index (χ2v) is 6.70. The predicted molar refractivity (Wildman–Crippen MR) is 74.0 cm³/mol. The van der Waals surface area contributed by atoms with E-state index in [-0.39, 0.29) is 10.8 Å². The summed E-state index contributed by atoms with van der Waals surface area (Å²) in [5, 5.41) is 1.84. The Labute approximate surface area is 125 Å². The highest BCUT2D eigenvalue weighted by Gasteiger charge is 2.53. The quantitative estimate of drug-likeness (QED) is 0.682. The number of amides is 4. The van der Waals surface area contributed by atoms with Crippen molar-refractivity contribution < 1.29 is 23.9 Å². The molecule has 0 saturated carbocycles. The van der Waals surface area contributed by atoms with Gasteiger partial charge in [0.15, 0.2) is 6.10 Å². The highest BCUT2D eigenvalue weighted by atomic mass is 32.2. The van der Waals surface area contributed by atoms with E-state index in [1.54, 1.807) is 4.90 Å². The van der Waals surface area contributed by atoms with Crippen LogP contribution < -0.4 is 11.1 Å². The standard InChI is InChI=1S/C12H17N3O5S/c1-6(9(17)14-11(13)19)20-10(18)7-5-21-12(2)4-3-8(16)15(7)12/h6-7H,3-5H2,1-2H3,(H3,13,14,17,19)/t6-,7-,12+/m1/s1. The van der Waals surface area contributed by atoms with E-state index in [2.05, 4.69) is 0 Å². The average molecular weight is 315 g/mol. The maximum atomic E-state index is 12.2. The zero-order valence-corrected chi connectivity index (χ0v) is 12.6. The van der Waals surface area contributed by atoms with E-state index >= 15 is 0 Å². The molecular weight excluding hydrogens is 298 g/mol. The molecule has 9 heteroatoms. The summed E-state index contributed by atoms with van der Waals surface area (Å²) >= 11 is 1.53. The van der Waals surface area contributed by atoms with Crippen LogP contribution in [0.3, 0.4) is 0 Å². The van der Waals surface area contributed by atoms with Crippen molar-refractivity contribution in [3.05, 3.63) is 0 Å². The Morgan fingerprint density at radius 3 is 2.81 bits per heavy atom. The summed E-state index contributed by atoms with van der Waals surface area (Å²) < 4.78 is 5.03. The Hall–Kier alpha value is -1.77. The lowest BCUT2D eigenvalue weighted by molar-refractivity contribution is -0.161. The van der Waals surface area contributed by atoms with Crippen molar-refractivity contribution in [2.75, 3.05) is 5.75 Å². The molecule has 0 spiro atoms.